The van der Waals surface area contributed by atoms with Gasteiger partial charge in [0.1, 0.15) is 17.7 Å². The van der Waals surface area contributed by atoms with Gasteiger partial charge in [0.25, 0.3) is 0 Å². The van der Waals surface area contributed by atoms with Crippen molar-refractivity contribution in [1.82, 2.24) is 4.90 Å². The van der Waals surface area contributed by atoms with Crippen molar-refractivity contribution in [2.24, 2.45) is 0 Å². The fourth-order valence-corrected chi connectivity index (χ4v) is 7.94. The van der Waals surface area contributed by atoms with Crippen molar-refractivity contribution in [2.45, 2.75) is 95.4 Å². The molecule has 8 nitrogen and oxygen atoms in total. The maximum Gasteiger partial charge on any atom is 0.349 e. The van der Waals surface area contributed by atoms with Crippen LogP contribution in [0.5, 0.6) is 5.75 Å². The van der Waals surface area contributed by atoms with Crippen LogP contribution >= 0.6 is 22.7 Å². The Kier molecular flexibility index (Phi) is 11.9. The molecule has 0 unspecified atom stereocenters. The van der Waals surface area contributed by atoms with Crippen LogP contribution in [0.2, 0.25) is 18.1 Å². The van der Waals surface area contributed by atoms with Gasteiger partial charge in [-0.1, -0.05) is 32.9 Å². The van der Waals surface area contributed by atoms with Gasteiger partial charge in [-0.3, -0.25) is 4.79 Å². The van der Waals surface area contributed by atoms with Crippen molar-refractivity contribution in [2.75, 3.05) is 26.0 Å². The summed E-state index contributed by atoms with van der Waals surface area (Å²) in [6.07, 6.45) is 2.80. The number of esters is 1. The molecule has 0 atom stereocenters. The van der Waals surface area contributed by atoms with Gasteiger partial charge in [-0.05, 0) is 79.8 Å². The van der Waals surface area contributed by atoms with Crippen LogP contribution in [0.1, 0.15) is 68.2 Å². The van der Waals surface area contributed by atoms with E-state index < -0.39 is 25.7 Å². The number of carbonyl (C=O) groups excluding carboxylic acids is 2. The number of anilines is 1. The number of nitrogens with zero attached hydrogens (tertiary/aromatic N) is 1. The molecule has 4 rings (SSSR count). The van der Waals surface area contributed by atoms with Gasteiger partial charge in [0.05, 0.1) is 29.2 Å². The van der Waals surface area contributed by atoms with E-state index in [0.29, 0.717) is 40.5 Å². The van der Waals surface area contributed by atoms with Crippen molar-refractivity contribution < 1.29 is 33.0 Å². The Morgan fingerprint density at radius 3 is 2.20 bits per heavy atom. The number of hydrogen-bond donors (Lipinski definition) is 2. The predicted octanol–water partition coefficient (Wildman–Crippen LogP) is 7.53. The Morgan fingerprint density at radius 2 is 1.67 bits per heavy atom. The number of ether oxygens (including phenoxy) is 2. The van der Waals surface area contributed by atoms with E-state index in [-0.39, 0.29) is 41.8 Å². The summed E-state index contributed by atoms with van der Waals surface area (Å²) in [7, 11) is 1.45. The molecule has 252 valence electrons. The molecule has 0 bridgehead atoms. The molecule has 0 radical (unpaired) electrons. The first-order valence-electron chi connectivity index (χ1n) is 15.7. The van der Waals surface area contributed by atoms with Gasteiger partial charge in [0.2, 0.25) is 11.5 Å². The second-order valence-electron chi connectivity index (χ2n) is 13.5. The monoisotopic (exact) mass is 690 g/mol. The first-order chi connectivity index (χ1) is 21.7. The standard InChI is InChI=1S/C34H47FN2O6S2Si/c1-33(2,3)46(6,7)42-22-23-20-26(35)27(21-28(23)41-5)36-31(38)16-17-37(4)24-12-14-25(15-13-24)43-32(39)34(40,29-10-8-18-44-29)30-11-9-19-45-30/h8-11,18-21,24-25,40H,12-17,22H2,1-7H3,(H,36,38)/t24-,25-. The summed E-state index contributed by atoms with van der Waals surface area (Å²) >= 11 is 2.65. The van der Waals surface area contributed by atoms with Crippen molar-refractivity contribution in [3.05, 3.63) is 68.3 Å². The maximum absolute atomic E-state index is 15.1. The lowest BCUT2D eigenvalue weighted by molar-refractivity contribution is -0.169. The van der Waals surface area contributed by atoms with Crippen LogP contribution in [0.4, 0.5) is 10.1 Å². The minimum atomic E-state index is -2.04. The highest BCUT2D eigenvalue weighted by molar-refractivity contribution is 7.12. The first kappa shape index (κ1) is 36.2. The van der Waals surface area contributed by atoms with Crippen LogP contribution in [0.25, 0.3) is 0 Å². The molecule has 3 aromatic rings. The van der Waals surface area contributed by atoms with E-state index in [1.165, 1.54) is 41.9 Å². The molecular weight excluding hydrogens is 644 g/mol. The maximum atomic E-state index is 15.1. The molecule has 1 fully saturated rings. The van der Waals surface area contributed by atoms with E-state index in [0.717, 1.165) is 12.8 Å². The number of halogens is 1. The average Bonchev–Trinajstić information content (AvgIpc) is 3.75. The topological polar surface area (TPSA) is 97.3 Å². The highest BCUT2D eigenvalue weighted by Gasteiger charge is 2.45. The second-order valence-corrected chi connectivity index (χ2v) is 20.2. The number of benzene rings is 1. The van der Waals surface area contributed by atoms with Gasteiger partial charge in [0, 0.05) is 30.6 Å². The summed E-state index contributed by atoms with van der Waals surface area (Å²) in [6.45, 7) is 11.5. The lowest BCUT2D eigenvalue weighted by atomic mass is 9.91. The summed E-state index contributed by atoms with van der Waals surface area (Å²) in [5.41, 5.74) is -1.13. The van der Waals surface area contributed by atoms with E-state index in [9.17, 15) is 14.7 Å². The summed E-state index contributed by atoms with van der Waals surface area (Å²) in [5, 5.41) is 17.9. The number of aliphatic hydroxyl groups is 1. The SMILES string of the molecule is COc1cc(NC(=O)CCN(C)[C@H]2CC[C@H](OC(=O)C(O)(c3cccs3)c3cccs3)CC2)c(F)cc1CO[Si](C)(C)C(C)(C)C. The van der Waals surface area contributed by atoms with Crippen molar-refractivity contribution in [3.8, 4) is 5.75 Å². The molecule has 2 aromatic heterocycles. The van der Waals surface area contributed by atoms with Gasteiger partial charge in [-0.2, -0.15) is 0 Å². The van der Waals surface area contributed by atoms with Crippen LogP contribution in [0.3, 0.4) is 0 Å². The fourth-order valence-electron chi connectivity index (χ4n) is 5.27. The van der Waals surface area contributed by atoms with Crippen LogP contribution in [-0.2, 0) is 31.0 Å². The third kappa shape index (κ3) is 8.45. The van der Waals surface area contributed by atoms with Crippen molar-refractivity contribution in [3.63, 3.8) is 0 Å². The number of rotatable bonds is 13. The molecule has 1 aliphatic rings. The molecular formula is C34H47FN2O6S2Si. The molecule has 12 heteroatoms. The minimum absolute atomic E-state index is 0.0212. The lowest BCUT2D eigenvalue weighted by Crippen LogP contribution is -2.42. The van der Waals surface area contributed by atoms with Crippen LogP contribution in [0.15, 0.2) is 47.2 Å². The molecule has 2 N–H and O–H groups in total. The summed E-state index contributed by atoms with van der Waals surface area (Å²) < 4.78 is 32.7. The number of carbonyl (C=O) groups is 2. The molecule has 0 saturated heterocycles. The number of nitrogens with one attached hydrogen (secondary N) is 1. The highest BCUT2D eigenvalue weighted by Crippen LogP contribution is 2.39. The molecule has 0 spiro atoms. The van der Waals surface area contributed by atoms with Crippen LogP contribution < -0.4 is 10.1 Å². The molecule has 1 aliphatic carbocycles. The van der Waals surface area contributed by atoms with E-state index in [1.807, 2.05) is 29.9 Å². The molecule has 2 heterocycles. The number of thiophene rings is 2. The average molecular weight is 691 g/mol. The van der Waals surface area contributed by atoms with Gasteiger partial charge < -0.3 is 29.2 Å². The van der Waals surface area contributed by atoms with Crippen molar-refractivity contribution >= 4 is 48.6 Å². The Hall–Kier alpha value is -2.61. The molecule has 1 saturated carbocycles. The lowest BCUT2D eigenvalue weighted by Gasteiger charge is -2.36. The summed E-state index contributed by atoms with van der Waals surface area (Å²) in [4.78, 5) is 29.3. The smallest absolute Gasteiger partial charge is 0.349 e. The normalized spacial score (nSPS) is 17.6. The zero-order valence-electron chi connectivity index (χ0n) is 27.9. The molecule has 0 aliphatic heterocycles. The van der Waals surface area contributed by atoms with Crippen LogP contribution in [0, 0.1) is 5.82 Å². The largest absolute Gasteiger partial charge is 0.496 e. The van der Waals surface area contributed by atoms with E-state index >= 15 is 4.39 Å². The fraction of sp³-hybridized carbons (Fsp3) is 0.529. The number of amides is 1. The molecule has 46 heavy (non-hydrogen) atoms. The second kappa shape index (κ2) is 15.1. The Morgan fingerprint density at radius 1 is 1.07 bits per heavy atom. The molecule has 1 aromatic carbocycles. The third-order valence-corrected chi connectivity index (χ3v) is 15.8. The number of methoxy groups -OCH3 is 1. The van der Waals surface area contributed by atoms with Gasteiger partial charge in [-0.15, -0.1) is 22.7 Å². The third-order valence-electron chi connectivity index (χ3n) is 9.32. The van der Waals surface area contributed by atoms with E-state index in [4.69, 9.17) is 13.9 Å². The number of hydrogen-bond acceptors (Lipinski definition) is 9. The zero-order valence-corrected chi connectivity index (χ0v) is 30.5. The minimum Gasteiger partial charge on any atom is -0.496 e. The highest BCUT2D eigenvalue weighted by atomic mass is 32.1. The summed E-state index contributed by atoms with van der Waals surface area (Å²) in [5.74, 6) is -1.00. The van der Waals surface area contributed by atoms with Gasteiger partial charge >= 0.3 is 5.97 Å². The summed E-state index contributed by atoms with van der Waals surface area (Å²) in [6, 6.07) is 10.2. The Balaban J connectivity index is 1.26. The predicted molar refractivity (Wildman–Crippen MR) is 185 cm³/mol. The Labute approximate surface area is 281 Å². The molecule has 1 amide bonds. The first-order valence-corrected chi connectivity index (χ1v) is 20.3. The van der Waals surface area contributed by atoms with Crippen LogP contribution in [-0.4, -0.2) is 63.0 Å². The van der Waals surface area contributed by atoms with E-state index in [1.54, 1.807) is 12.1 Å². The van der Waals surface area contributed by atoms with Gasteiger partial charge in [0.15, 0.2) is 8.32 Å². The van der Waals surface area contributed by atoms with Crippen molar-refractivity contribution in [1.29, 1.82) is 0 Å². The van der Waals surface area contributed by atoms with Gasteiger partial charge in [-0.25, -0.2) is 9.18 Å². The Bertz CT molecular complexity index is 1420. The quantitative estimate of drug-likeness (QED) is 0.141. The van der Waals surface area contributed by atoms with E-state index in [2.05, 4.69) is 44.1 Å². The zero-order chi connectivity index (χ0) is 33.7.